The minimum atomic E-state index is -0.989. The first-order valence-electron chi connectivity index (χ1n) is 7.72. The molecule has 10 heteroatoms. The van der Waals surface area contributed by atoms with Crippen LogP contribution in [0.3, 0.4) is 0 Å². The molecule has 0 atom stereocenters. The van der Waals surface area contributed by atoms with Crippen molar-refractivity contribution in [3.63, 3.8) is 0 Å². The van der Waals surface area contributed by atoms with Gasteiger partial charge in [0.1, 0.15) is 5.76 Å². The van der Waals surface area contributed by atoms with Gasteiger partial charge in [-0.25, -0.2) is 4.39 Å². The number of halogens is 1. The molecule has 0 aliphatic rings. The van der Waals surface area contributed by atoms with Gasteiger partial charge in [0.25, 0.3) is 0 Å². The number of aliphatic carboxylic acids is 1. The van der Waals surface area contributed by atoms with Gasteiger partial charge >= 0.3 is 5.97 Å². The van der Waals surface area contributed by atoms with Gasteiger partial charge in [0.15, 0.2) is 17.4 Å². The minimum absolute atomic E-state index is 0.129. The molecule has 1 N–H and O–H groups in total. The number of hydrogen-bond donors (Lipinski definition) is 1. The van der Waals surface area contributed by atoms with Gasteiger partial charge in [-0.15, -0.1) is 10.2 Å². The van der Waals surface area contributed by atoms with Crippen LogP contribution in [-0.4, -0.2) is 45.0 Å². The number of hydrogen-bond acceptors (Lipinski definition) is 7. The predicted molar refractivity (Wildman–Crippen MR) is 96.8 cm³/mol. The zero-order valence-corrected chi connectivity index (χ0v) is 15.2. The molecular formula is C17H15FN4O4S. The van der Waals surface area contributed by atoms with Crippen molar-refractivity contribution < 1.29 is 23.4 Å². The van der Waals surface area contributed by atoms with E-state index in [2.05, 4.69) is 15.3 Å². The van der Waals surface area contributed by atoms with Crippen molar-refractivity contribution in [2.45, 2.75) is 12.1 Å². The number of ether oxygens (including phenoxy) is 1. The highest BCUT2D eigenvalue weighted by atomic mass is 32.2. The number of methoxy groups -OCH3 is 1. The Morgan fingerprint density at radius 1 is 1.44 bits per heavy atom. The number of aryl methyl sites for hydroxylation is 1. The van der Waals surface area contributed by atoms with E-state index >= 15 is 0 Å². The molecule has 3 aromatic rings. The Hall–Kier alpha value is -3.14. The minimum Gasteiger partial charge on any atom is -0.494 e. The number of furan rings is 1. The Bertz CT molecular complexity index is 999. The average molecular weight is 390 g/mol. The van der Waals surface area contributed by atoms with Crippen molar-refractivity contribution in [2.24, 2.45) is 5.10 Å². The number of nitrogens with zero attached hydrogens (tertiary/aromatic N) is 4. The number of benzene rings is 1. The van der Waals surface area contributed by atoms with E-state index in [-0.39, 0.29) is 11.5 Å². The van der Waals surface area contributed by atoms with Crippen LogP contribution in [0.4, 0.5) is 4.39 Å². The topological polar surface area (TPSA) is 103 Å². The third-order valence-corrected chi connectivity index (χ3v) is 4.44. The lowest BCUT2D eigenvalue weighted by atomic mass is 10.2. The molecule has 27 heavy (non-hydrogen) atoms. The summed E-state index contributed by atoms with van der Waals surface area (Å²) in [5.41, 5.74) is 1.16. The zero-order chi connectivity index (χ0) is 19.4. The molecule has 0 amide bonds. The second-order valence-electron chi connectivity index (χ2n) is 5.33. The second kappa shape index (κ2) is 8.04. The molecule has 0 saturated carbocycles. The molecule has 0 aliphatic heterocycles. The van der Waals surface area contributed by atoms with Crippen molar-refractivity contribution in [3.05, 3.63) is 47.7 Å². The zero-order valence-electron chi connectivity index (χ0n) is 14.4. The van der Waals surface area contributed by atoms with Crippen LogP contribution in [0.2, 0.25) is 0 Å². The fourth-order valence-electron chi connectivity index (χ4n) is 2.26. The lowest BCUT2D eigenvalue weighted by Gasteiger charge is -2.04. The third kappa shape index (κ3) is 4.17. The van der Waals surface area contributed by atoms with Gasteiger partial charge in [-0.1, -0.05) is 11.8 Å². The van der Waals surface area contributed by atoms with E-state index in [1.165, 1.54) is 36.4 Å². The maximum absolute atomic E-state index is 13.9. The monoisotopic (exact) mass is 390 g/mol. The van der Waals surface area contributed by atoms with Gasteiger partial charge in [-0.2, -0.15) is 9.78 Å². The Balaban J connectivity index is 1.98. The molecule has 8 nitrogen and oxygen atoms in total. The molecule has 0 bridgehead atoms. The Kier molecular flexibility index (Phi) is 5.55. The summed E-state index contributed by atoms with van der Waals surface area (Å²) < 4.78 is 25.4. The quantitative estimate of drug-likeness (QED) is 0.488. The van der Waals surface area contributed by atoms with Gasteiger partial charge in [0.2, 0.25) is 5.16 Å². The van der Waals surface area contributed by atoms with Crippen molar-refractivity contribution >= 4 is 23.9 Å². The summed E-state index contributed by atoms with van der Waals surface area (Å²) in [7, 11) is 1.38. The van der Waals surface area contributed by atoms with Crippen LogP contribution in [0.1, 0.15) is 11.3 Å². The van der Waals surface area contributed by atoms with E-state index in [0.29, 0.717) is 27.9 Å². The summed E-state index contributed by atoms with van der Waals surface area (Å²) in [4.78, 5) is 10.9. The van der Waals surface area contributed by atoms with Gasteiger partial charge in [0.05, 0.1) is 30.9 Å². The van der Waals surface area contributed by atoms with Gasteiger partial charge in [-0.3, -0.25) is 4.79 Å². The molecule has 0 aliphatic carbocycles. The maximum atomic E-state index is 13.9. The molecule has 0 spiro atoms. The first-order chi connectivity index (χ1) is 13.0. The first kappa shape index (κ1) is 18.6. The highest BCUT2D eigenvalue weighted by molar-refractivity contribution is 7.99. The fourth-order valence-corrected chi connectivity index (χ4v) is 2.87. The van der Waals surface area contributed by atoms with Crippen LogP contribution in [0, 0.1) is 12.7 Å². The number of carboxylic acids is 1. The SMILES string of the molecule is COc1ccc(/C=N\n2c(SCC(=O)O)nnc2-c2ccoc2C)cc1F. The van der Waals surface area contributed by atoms with E-state index < -0.39 is 11.8 Å². The molecule has 2 aromatic heterocycles. The van der Waals surface area contributed by atoms with E-state index in [1.807, 2.05) is 0 Å². The summed E-state index contributed by atoms with van der Waals surface area (Å²) in [6.07, 6.45) is 2.94. The standard InChI is InChI=1S/C17H15FN4O4S/c1-10-12(5-6-26-10)16-20-21-17(27-9-15(23)24)22(16)19-8-11-3-4-14(25-2)13(18)7-11/h3-8H,9H2,1-2H3,(H,23,24)/b19-8-. The van der Waals surface area contributed by atoms with Crippen molar-refractivity contribution in [3.8, 4) is 17.1 Å². The van der Waals surface area contributed by atoms with Crippen molar-refractivity contribution in [2.75, 3.05) is 12.9 Å². The highest BCUT2D eigenvalue weighted by Crippen LogP contribution is 2.27. The van der Waals surface area contributed by atoms with E-state index in [0.717, 1.165) is 11.8 Å². The van der Waals surface area contributed by atoms with Crippen LogP contribution in [0.5, 0.6) is 5.75 Å². The molecule has 0 radical (unpaired) electrons. The maximum Gasteiger partial charge on any atom is 0.313 e. The van der Waals surface area contributed by atoms with Gasteiger partial charge in [-0.05, 0) is 36.8 Å². The Labute approximate surface area is 157 Å². The molecule has 1 aromatic carbocycles. The van der Waals surface area contributed by atoms with E-state index in [4.69, 9.17) is 14.3 Å². The number of rotatable bonds is 7. The molecular weight excluding hydrogens is 375 g/mol. The number of carboxylic acid groups (broad SMARTS) is 1. The van der Waals surface area contributed by atoms with Gasteiger partial charge in [0, 0.05) is 0 Å². The lowest BCUT2D eigenvalue weighted by Crippen LogP contribution is -2.02. The lowest BCUT2D eigenvalue weighted by molar-refractivity contribution is -0.133. The van der Waals surface area contributed by atoms with Gasteiger partial charge < -0.3 is 14.3 Å². The average Bonchev–Trinajstić information content (AvgIpc) is 3.23. The second-order valence-corrected chi connectivity index (χ2v) is 6.27. The molecule has 0 unspecified atom stereocenters. The van der Waals surface area contributed by atoms with E-state index in [9.17, 15) is 9.18 Å². The number of carbonyl (C=O) groups is 1. The van der Waals surface area contributed by atoms with Crippen LogP contribution in [0.15, 0.2) is 45.2 Å². The van der Waals surface area contributed by atoms with Crippen LogP contribution in [-0.2, 0) is 4.79 Å². The molecule has 3 rings (SSSR count). The van der Waals surface area contributed by atoms with Crippen LogP contribution < -0.4 is 4.74 Å². The van der Waals surface area contributed by atoms with E-state index in [1.54, 1.807) is 19.1 Å². The summed E-state index contributed by atoms with van der Waals surface area (Å²) in [5, 5.41) is 21.6. The summed E-state index contributed by atoms with van der Waals surface area (Å²) in [6.45, 7) is 1.76. The normalized spacial score (nSPS) is 11.2. The molecule has 0 saturated heterocycles. The number of thioether (sulfide) groups is 1. The summed E-state index contributed by atoms with van der Waals surface area (Å²) in [6, 6.07) is 6.12. The van der Waals surface area contributed by atoms with Crippen molar-refractivity contribution in [1.82, 2.24) is 14.9 Å². The van der Waals surface area contributed by atoms with Crippen LogP contribution in [0.25, 0.3) is 11.4 Å². The summed E-state index contributed by atoms with van der Waals surface area (Å²) >= 11 is 0.975. The van der Waals surface area contributed by atoms with Crippen LogP contribution >= 0.6 is 11.8 Å². The largest absolute Gasteiger partial charge is 0.494 e. The molecule has 2 heterocycles. The smallest absolute Gasteiger partial charge is 0.313 e. The fraction of sp³-hybridized carbons (Fsp3) is 0.176. The third-order valence-electron chi connectivity index (χ3n) is 3.53. The van der Waals surface area contributed by atoms with Crippen molar-refractivity contribution in [1.29, 1.82) is 0 Å². The number of aromatic nitrogens is 3. The molecule has 140 valence electrons. The Morgan fingerprint density at radius 2 is 2.26 bits per heavy atom. The highest BCUT2D eigenvalue weighted by Gasteiger charge is 2.18. The summed E-state index contributed by atoms with van der Waals surface area (Å²) in [5.74, 6) is -0.574. The molecule has 0 fully saturated rings. The first-order valence-corrected chi connectivity index (χ1v) is 8.70. The Morgan fingerprint density at radius 3 is 2.89 bits per heavy atom. The predicted octanol–water partition coefficient (Wildman–Crippen LogP) is 3.05.